The van der Waals surface area contributed by atoms with E-state index in [1.54, 1.807) is 49.4 Å². The Hall–Kier alpha value is -3.01. The Labute approximate surface area is 134 Å². The highest BCUT2D eigenvalue weighted by molar-refractivity contribution is 6.26. The molecule has 2 amide bonds. The van der Waals surface area contributed by atoms with Gasteiger partial charge in [0.15, 0.2) is 5.78 Å². The van der Waals surface area contributed by atoms with Gasteiger partial charge in [-0.15, -0.1) is 0 Å². The van der Waals surface area contributed by atoms with Gasteiger partial charge >= 0.3 is 0 Å². The van der Waals surface area contributed by atoms with E-state index in [0.29, 0.717) is 11.1 Å². The maximum absolute atomic E-state index is 12.7. The Morgan fingerprint density at radius 1 is 1.00 bits per heavy atom. The minimum Gasteiger partial charge on any atom is -0.289 e. The number of fused-ring (bicyclic) bond motifs is 1. The zero-order valence-corrected chi connectivity index (χ0v) is 12.7. The molecule has 0 aromatic heterocycles. The first-order chi connectivity index (χ1) is 11.0. The topological polar surface area (TPSA) is 54.5 Å². The van der Waals surface area contributed by atoms with Crippen LogP contribution in [0.15, 0.2) is 60.7 Å². The van der Waals surface area contributed by atoms with Gasteiger partial charge in [0.1, 0.15) is 0 Å². The maximum Gasteiger partial charge on any atom is 0.262 e. The average Bonchev–Trinajstić information content (AvgIpc) is 2.80. The molecular formula is C19H15NO3. The predicted octanol–water partition coefficient (Wildman–Crippen LogP) is 3.09. The number of carbonyl (C=O) groups is 3. The highest BCUT2D eigenvalue weighted by Crippen LogP contribution is 2.28. The Balaban J connectivity index is 2.09. The van der Waals surface area contributed by atoms with Gasteiger partial charge in [0.05, 0.1) is 11.1 Å². The molecule has 0 spiro atoms. The molecule has 0 aliphatic carbocycles. The van der Waals surface area contributed by atoms with Gasteiger partial charge < -0.3 is 0 Å². The van der Waals surface area contributed by atoms with E-state index in [0.717, 1.165) is 4.90 Å². The molecule has 23 heavy (non-hydrogen) atoms. The van der Waals surface area contributed by atoms with Crippen LogP contribution in [-0.4, -0.2) is 29.0 Å². The van der Waals surface area contributed by atoms with Gasteiger partial charge in [0.2, 0.25) is 0 Å². The first kappa shape index (κ1) is 14.9. The molecule has 2 aromatic carbocycles. The first-order valence-corrected chi connectivity index (χ1v) is 7.24. The summed E-state index contributed by atoms with van der Waals surface area (Å²) in [6, 6.07) is 13.5. The number of imide groups is 1. The quantitative estimate of drug-likeness (QED) is 0.495. The third kappa shape index (κ3) is 2.48. The van der Waals surface area contributed by atoms with Crippen molar-refractivity contribution in [2.45, 2.75) is 6.92 Å². The van der Waals surface area contributed by atoms with Crippen molar-refractivity contribution in [2.75, 3.05) is 6.54 Å². The summed E-state index contributed by atoms with van der Waals surface area (Å²) in [6.45, 7) is 5.65. The van der Waals surface area contributed by atoms with Gasteiger partial charge in [-0.05, 0) is 13.0 Å². The number of benzene rings is 2. The standard InChI is InChI=1S/C19H15NO3/c1-12(2)11-20-18(22)15-10-6-9-14(16(15)19(20)23)17(21)13-7-4-3-5-8-13/h3-10H,1,11H2,2H3. The van der Waals surface area contributed by atoms with Crippen molar-refractivity contribution in [1.82, 2.24) is 4.90 Å². The van der Waals surface area contributed by atoms with E-state index in [1.165, 1.54) is 0 Å². The zero-order valence-electron chi connectivity index (χ0n) is 12.7. The maximum atomic E-state index is 12.7. The number of nitrogens with zero attached hydrogens (tertiary/aromatic N) is 1. The molecule has 4 heteroatoms. The van der Waals surface area contributed by atoms with E-state index < -0.39 is 5.91 Å². The van der Waals surface area contributed by atoms with Crippen molar-refractivity contribution in [2.24, 2.45) is 0 Å². The molecule has 0 unspecified atom stereocenters. The van der Waals surface area contributed by atoms with Crippen LogP contribution in [0.2, 0.25) is 0 Å². The number of hydrogen-bond donors (Lipinski definition) is 0. The van der Waals surface area contributed by atoms with E-state index in [9.17, 15) is 14.4 Å². The van der Waals surface area contributed by atoms with Gasteiger partial charge in [-0.25, -0.2) is 0 Å². The second kappa shape index (κ2) is 5.65. The van der Waals surface area contributed by atoms with E-state index in [1.807, 2.05) is 6.07 Å². The average molecular weight is 305 g/mol. The Morgan fingerprint density at radius 3 is 2.35 bits per heavy atom. The SMILES string of the molecule is C=C(C)CN1C(=O)c2cccc(C(=O)c3ccccc3)c2C1=O. The van der Waals surface area contributed by atoms with E-state index in [2.05, 4.69) is 6.58 Å². The second-order valence-electron chi connectivity index (χ2n) is 5.58. The summed E-state index contributed by atoms with van der Waals surface area (Å²) in [5, 5.41) is 0. The van der Waals surface area contributed by atoms with Crippen LogP contribution < -0.4 is 0 Å². The van der Waals surface area contributed by atoms with Crippen LogP contribution in [-0.2, 0) is 0 Å². The minimum absolute atomic E-state index is 0.158. The molecule has 1 aliphatic heterocycles. The largest absolute Gasteiger partial charge is 0.289 e. The van der Waals surface area contributed by atoms with Crippen molar-refractivity contribution in [3.8, 4) is 0 Å². The highest BCUT2D eigenvalue weighted by Gasteiger charge is 2.38. The molecule has 0 saturated heterocycles. The number of rotatable bonds is 4. The Morgan fingerprint density at radius 2 is 1.70 bits per heavy atom. The molecular weight excluding hydrogens is 290 g/mol. The monoisotopic (exact) mass is 305 g/mol. The lowest BCUT2D eigenvalue weighted by Crippen LogP contribution is -2.31. The van der Waals surface area contributed by atoms with Crippen LogP contribution in [0.1, 0.15) is 43.6 Å². The molecule has 0 radical (unpaired) electrons. The van der Waals surface area contributed by atoms with Crippen LogP contribution in [0.5, 0.6) is 0 Å². The van der Waals surface area contributed by atoms with Crippen molar-refractivity contribution in [3.05, 3.63) is 82.9 Å². The van der Waals surface area contributed by atoms with Crippen LogP contribution in [0.4, 0.5) is 0 Å². The van der Waals surface area contributed by atoms with Crippen molar-refractivity contribution in [1.29, 1.82) is 0 Å². The third-order valence-electron chi connectivity index (χ3n) is 3.71. The molecule has 4 nitrogen and oxygen atoms in total. The van der Waals surface area contributed by atoms with Crippen molar-refractivity contribution < 1.29 is 14.4 Å². The van der Waals surface area contributed by atoms with Gasteiger partial charge in [-0.2, -0.15) is 0 Å². The summed E-state index contributed by atoms with van der Waals surface area (Å²) in [4.78, 5) is 38.8. The summed E-state index contributed by atoms with van der Waals surface area (Å²) in [7, 11) is 0. The van der Waals surface area contributed by atoms with Crippen molar-refractivity contribution in [3.63, 3.8) is 0 Å². The lowest BCUT2D eigenvalue weighted by Gasteiger charge is -2.13. The van der Waals surface area contributed by atoms with Crippen LogP contribution >= 0.6 is 0 Å². The summed E-state index contributed by atoms with van der Waals surface area (Å²) in [5.74, 6) is -1.08. The summed E-state index contributed by atoms with van der Waals surface area (Å²) in [6.07, 6.45) is 0. The molecule has 2 aromatic rings. The van der Waals surface area contributed by atoms with Crippen molar-refractivity contribution >= 4 is 17.6 Å². The van der Waals surface area contributed by atoms with Gasteiger partial charge in [0, 0.05) is 17.7 Å². The minimum atomic E-state index is -0.437. The zero-order chi connectivity index (χ0) is 16.6. The molecule has 1 heterocycles. The lowest BCUT2D eigenvalue weighted by atomic mass is 9.96. The highest BCUT2D eigenvalue weighted by atomic mass is 16.2. The molecule has 0 N–H and O–H groups in total. The molecule has 1 aliphatic rings. The van der Waals surface area contributed by atoms with Gasteiger partial charge in [-0.3, -0.25) is 19.3 Å². The van der Waals surface area contributed by atoms with Crippen LogP contribution in [0.3, 0.4) is 0 Å². The smallest absolute Gasteiger partial charge is 0.262 e. The van der Waals surface area contributed by atoms with Crippen LogP contribution in [0.25, 0.3) is 0 Å². The number of ketones is 1. The molecule has 0 fully saturated rings. The second-order valence-corrected chi connectivity index (χ2v) is 5.58. The molecule has 0 atom stereocenters. The van der Waals surface area contributed by atoms with E-state index in [-0.39, 0.29) is 34.9 Å². The number of carbonyl (C=O) groups excluding carboxylic acids is 3. The van der Waals surface area contributed by atoms with Gasteiger partial charge in [-0.1, -0.05) is 54.6 Å². The fraction of sp³-hybridized carbons (Fsp3) is 0.105. The predicted molar refractivity (Wildman–Crippen MR) is 86.5 cm³/mol. The fourth-order valence-electron chi connectivity index (χ4n) is 2.68. The normalized spacial score (nSPS) is 13.2. The van der Waals surface area contributed by atoms with Gasteiger partial charge in [0.25, 0.3) is 11.8 Å². The Bertz CT molecular complexity index is 837. The van der Waals surface area contributed by atoms with Crippen LogP contribution in [0, 0.1) is 0 Å². The Kier molecular flexibility index (Phi) is 3.66. The first-order valence-electron chi connectivity index (χ1n) is 7.24. The number of hydrogen-bond acceptors (Lipinski definition) is 3. The fourth-order valence-corrected chi connectivity index (χ4v) is 2.68. The third-order valence-corrected chi connectivity index (χ3v) is 3.71. The molecule has 0 saturated carbocycles. The van der Waals surface area contributed by atoms with E-state index in [4.69, 9.17) is 0 Å². The lowest BCUT2D eigenvalue weighted by molar-refractivity contribution is 0.0666. The summed E-state index contributed by atoms with van der Waals surface area (Å²) in [5.41, 5.74) is 1.91. The molecule has 114 valence electrons. The molecule has 3 rings (SSSR count). The molecule has 0 bridgehead atoms. The summed E-state index contributed by atoms with van der Waals surface area (Å²) >= 11 is 0. The van der Waals surface area contributed by atoms with E-state index >= 15 is 0 Å². The number of amides is 2. The summed E-state index contributed by atoms with van der Waals surface area (Å²) < 4.78 is 0.